The zero-order valence-corrected chi connectivity index (χ0v) is 11.1. The molecule has 112 valence electrons. The lowest BCUT2D eigenvalue weighted by molar-refractivity contribution is 0.145. The molecule has 0 aromatic heterocycles. The number of nitrogens with two attached hydrogens (primary N) is 1. The highest BCUT2D eigenvalue weighted by Crippen LogP contribution is 2.29. The van der Waals surface area contributed by atoms with Gasteiger partial charge in [-0.05, 0) is 18.2 Å². The lowest BCUT2D eigenvalue weighted by Gasteiger charge is -2.17. The normalized spacial score (nSPS) is 21.7. The Morgan fingerprint density at radius 2 is 2.10 bits per heavy atom. The van der Waals surface area contributed by atoms with Gasteiger partial charge >= 0.3 is 12.2 Å². The summed E-state index contributed by atoms with van der Waals surface area (Å²) in [7, 11) is 0. The number of cyclic esters (lactones) is 2. The van der Waals surface area contributed by atoms with Crippen molar-refractivity contribution in [1.82, 2.24) is 0 Å². The molecule has 2 heterocycles. The van der Waals surface area contributed by atoms with Crippen molar-refractivity contribution in [2.75, 3.05) is 36.0 Å². The highest BCUT2D eigenvalue weighted by molar-refractivity contribution is 5.92. The van der Waals surface area contributed by atoms with Crippen LogP contribution in [0.2, 0.25) is 0 Å². The van der Waals surface area contributed by atoms with Crippen molar-refractivity contribution < 1.29 is 23.5 Å². The molecule has 2 amide bonds. The first-order valence-electron chi connectivity index (χ1n) is 6.52. The molecule has 2 aliphatic heterocycles. The molecule has 0 bridgehead atoms. The highest BCUT2D eigenvalue weighted by Gasteiger charge is 2.32. The van der Waals surface area contributed by atoms with Gasteiger partial charge < -0.3 is 15.2 Å². The zero-order valence-electron chi connectivity index (χ0n) is 11.1. The van der Waals surface area contributed by atoms with Crippen LogP contribution in [-0.4, -0.2) is 44.5 Å². The summed E-state index contributed by atoms with van der Waals surface area (Å²) in [6.07, 6.45) is -1.53. The first kappa shape index (κ1) is 13.6. The number of rotatable bonds is 3. The number of amides is 2. The average molecular weight is 295 g/mol. The molecule has 2 N–H and O–H groups in total. The van der Waals surface area contributed by atoms with Gasteiger partial charge in [0.1, 0.15) is 18.5 Å². The van der Waals surface area contributed by atoms with E-state index in [1.807, 2.05) is 0 Å². The smallest absolute Gasteiger partial charge is 0.414 e. The third-order valence-electron chi connectivity index (χ3n) is 3.43. The molecule has 0 aliphatic carbocycles. The van der Waals surface area contributed by atoms with Crippen LogP contribution in [0.3, 0.4) is 0 Å². The fourth-order valence-corrected chi connectivity index (χ4v) is 2.35. The lowest BCUT2D eigenvalue weighted by atomic mass is 10.2. The number of ether oxygens (including phenoxy) is 2. The van der Waals surface area contributed by atoms with Crippen molar-refractivity contribution in [3.63, 3.8) is 0 Å². The summed E-state index contributed by atoms with van der Waals surface area (Å²) in [4.78, 5) is 25.7. The maximum absolute atomic E-state index is 14.2. The minimum Gasteiger partial charge on any atom is -0.447 e. The van der Waals surface area contributed by atoms with Gasteiger partial charge in [-0.15, -0.1) is 0 Å². The van der Waals surface area contributed by atoms with E-state index in [9.17, 15) is 14.0 Å². The Balaban J connectivity index is 1.84. The minimum absolute atomic E-state index is 0.129. The van der Waals surface area contributed by atoms with Gasteiger partial charge in [-0.2, -0.15) is 0 Å². The Kier molecular flexibility index (Phi) is 3.38. The Morgan fingerprint density at radius 3 is 2.67 bits per heavy atom. The molecule has 7 nitrogen and oxygen atoms in total. The van der Waals surface area contributed by atoms with Crippen LogP contribution in [0, 0.1) is 5.82 Å². The summed E-state index contributed by atoms with van der Waals surface area (Å²) < 4.78 is 24.0. The summed E-state index contributed by atoms with van der Waals surface area (Å²) in [5.41, 5.74) is 5.95. The van der Waals surface area contributed by atoms with Crippen molar-refractivity contribution >= 4 is 23.6 Å². The number of anilines is 2. The van der Waals surface area contributed by atoms with E-state index in [1.165, 1.54) is 21.9 Å². The SMILES string of the molecule is NC[C@@H]1CN(c2ccc(N3CCOC3=O)c(F)c2)C(=O)O1. The number of benzene rings is 1. The minimum atomic E-state index is -0.602. The molecule has 0 unspecified atom stereocenters. The van der Waals surface area contributed by atoms with Crippen LogP contribution < -0.4 is 15.5 Å². The summed E-state index contributed by atoms with van der Waals surface area (Å²) in [6.45, 7) is 1.02. The van der Waals surface area contributed by atoms with Crippen molar-refractivity contribution in [1.29, 1.82) is 0 Å². The van der Waals surface area contributed by atoms with Gasteiger partial charge in [0.05, 0.1) is 24.5 Å². The van der Waals surface area contributed by atoms with Crippen LogP contribution in [0.15, 0.2) is 18.2 Å². The number of hydrogen-bond acceptors (Lipinski definition) is 5. The average Bonchev–Trinajstić information content (AvgIpc) is 3.05. The summed E-state index contributed by atoms with van der Waals surface area (Å²) in [5, 5.41) is 0. The quantitative estimate of drug-likeness (QED) is 0.901. The molecule has 21 heavy (non-hydrogen) atoms. The molecule has 0 spiro atoms. The van der Waals surface area contributed by atoms with Gasteiger partial charge in [-0.3, -0.25) is 9.80 Å². The first-order chi connectivity index (χ1) is 10.1. The molecule has 2 fully saturated rings. The van der Waals surface area contributed by atoms with Crippen LogP contribution in [0.25, 0.3) is 0 Å². The molecule has 1 aromatic carbocycles. The van der Waals surface area contributed by atoms with E-state index in [0.717, 1.165) is 0 Å². The second kappa shape index (κ2) is 5.21. The van der Waals surface area contributed by atoms with Gasteiger partial charge in [0, 0.05) is 6.54 Å². The van der Waals surface area contributed by atoms with E-state index in [-0.39, 0.29) is 25.4 Å². The van der Waals surface area contributed by atoms with Gasteiger partial charge in [-0.1, -0.05) is 0 Å². The summed E-state index contributed by atoms with van der Waals surface area (Å²) in [6, 6.07) is 4.20. The molecule has 1 atom stereocenters. The molecule has 0 saturated carbocycles. The lowest BCUT2D eigenvalue weighted by Crippen LogP contribution is -2.28. The van der Waals surface area contributed by atoms with E-state index in [0.29, 0.717) is 12.2 Å². The van der Waals surface area contributed by atoms with Crippen molar-refractivity contribution in [3.8, 4) is 0 Å². The van der Waals surface area contributed by atoms with Gasteiger partial charge in [0.25, 0.3) is 0 Å². The van der Waals surface area contributed by atoms with Crippen LogP contribution in [-0.2, 0) is 9.47 Å². The van der Waals surface area contributed by atoms with Gasteiger partial charge in [0.2, 0.25) is 0 Å². The number of carbonyl (C=O) groups excluding carboxylic acids is 2. The van der Waals surface area contributed by atoms with Crippen molar-refractivity contribution in [2.45, 2.75) is 6.10 Å². The standard InChI is InChI=1S/C13H14FN3O4/c14-10-5-8(17-7-9(6-15)21-13(17)19)1-2-11(10)16-3-4-20-12(16)18/h1-2,5,9H,3-4,6-7,15H2/t9-/m1/s1. The van der Waals surface area contributed by atoms with Crippen LogP contribution >= 0.6 is 0 Å². The maximum atomic E-state index is 14.2. The molecular weight excluding hydrogens is 281 g/mol. The Hall–Kier alpha value is -2.35. The molecule has 3 rings (SSSR count). The van der Waals surface area contributed by atoms with Crippen LogP contribution in [0.5, 0.6) is 0 Å². The van der Waals surface area contributed by atoms with E-state index >= 15 is 0 Å². The fraction of sp³-hybridized carbons (Fsp3) is 0.385. The van der Waals surface area contributed by atoms with E-state index in [2.05, 4.69) is 0 Å². The second-order valence-corrected chi connectivity index (χ2v) is 4.75. The topological polar surface area (TPSA) is 85.1 Å². The second-order valence-electron chi connectivity index (χ2n) is 4.75. The molecule has 2 aliphatic rings. The van der Waals surface area contributed by atoms with E-state index in [1.54, 1.807) is 6.07 Å². The molecule has 1 aromatic rings. The molecule has 8 heteroatoms. The molecule has 2 saturated heterocycles. The molecular formula is C13H14FN3O4. The number of nitrogens with zero attached hydrogens (tertiary/aromatic N) is 2. The zero-order chi connectivity index (χ0) is 15.0. The number of carbonyl (C=O) groups is 2. The highest BCUT2D eigenvalue weighted by atomic mass is 19.1. The van der Waals surface area contributed by atoms with Crippen LogP contribution in [0.1, 0.15) is 0 Å². The van der Waals surface area contributed by atoms with Crippen LogP contribution in [0.4, 0.5) is 25.4 Å². The predicted octanol–water partition coefficient (Wildman–Crippen LogP) is 1.07. The summed E-state index contributed by atoms with van der Waals surface area (Å²) in [5.74, 6) is -0.602. The largest absolute Gasteiger partial charge is 0.447 e. The van der Waals surface area contributed by atoms with Crippen molar-refractivity contribution in [3.05, 3.63) is 24.0 Å². The van der Waals surface area contributed by atoms with Gasteiger partial charge in [0.15, 0.2) is 0 Å². The monoisotopic (exact) mass is 295 g/mol. The third kappa shape index (κ3) is 2.38. The first-order valence-corrected chi connectivity index (χ1v) is 6.52. The maximum Gasteiger partial charge on any atom is 0.414 e. The molecule has 0 radical (unpaired) electrons. The predicted molar refractivity (Wildman–Crippen MR) is 71.8 cm³/mol. The Bertz CT molecular complexity index is 595. The van der Waals surface area contributed by atoms with E-state index < -0.39 is 24.1 Å². The Labute approximate surface area is 120 Å². The Morgan fingerprint density at radius 1 is 1.29 bits per heavy atom. The summed E-state index contributed by atoms with van der Waals surface area (Å²) >= 11 is 0. The third-order valence-corrected chi connectivity index (χ3v) is 3.43. The van der Waals surface area contributed by atoms with Crippen molar-refractivity contribution in [2.24, 2.45) is 5.73 Å². The number of hydrogen-bond donors (Lipinski definition) is 1. The fourth-order valence-electron chi connectivity index (χ4n) is 2.35. The number of halogens is 1. The van der Waals surface area contributed by atoms with E-state index in [4.69, 9.17) is 15.2 Å². The van der Waals surface area contributed by atoms with Gasteiger partial charge in [-0.25, -0.2) is 14.0 Å².